The van der Waals surface area contributed by atoms with Crippen molar-refractivity contribution in [2.75, 3.05) is 6.54 Å². The summed E-state index contributed by atoms with van der Waals surface area (Å²) < 4.78 is 1.88. The first-order valence-corrected chi connectivity index (χ1v) is 8.68. The molecule has 0 radical (unpaired) electrons. The Bertz CT molecular complexity index is 959. The van der Waals surface area contributed by atoms with E-state index in [1.54, 1.807) is 30.0 Å². The van der Waals surface area contributed by atoms with E-state index in [0.717, 1.165) is 29.7 Å². The third-order valence-corrected chi connectivity index (χ3v) is 4.68. The van der Waals surface area contributed by atoms with Gasteiger partial charge in [0.05, 0.1) is 35.1 Å². The van der Waals surface area contributed by atoms with Crippen molar-refractivity contribution in [3.8, 4) is 0 Å². The number of benzene rings is 1. The minimum atomic E-state index is -0.623. The number of rotatable bonds is 3. The molecule has 0 saturated carbocycles. The molecule has 8 heteroatoms. The fourth-order valence-corrected chi connectivity index (χ4v) is 3.31. The highest BCUT2D eigenvalue weighted by Gasteiger charge is 2.23. The highest BCUT2D eigenvalue weighted by molar-refractivity contribution is 5.97. The molecule has 136 valence electrons. The molecule has 26 heavy (non-hydrogen) atoms. The number of aryl methyl sites for hydroxylation is 1. The SMILES string of the molecule is C[C@H](O)c1cc2n(n1)CCCN(C(=O)c1ccc3nc(CO)[nH]c3c1)C2. The smallest absolute Gasteiger partial charge is 0.254 e. The molecule has 3 N–H and O–H groups in total. The summed E-state index contributed by atoms with van der Waals surface area (Å²) in [7, 11) is 0. The Morgan fingerprint density at radius 3 is 2.96 bits per heavy atom. The number of aliphatic hydroxyl groups is 2. The van der Waals surface area contributed by atoms with E-state index in [-0.39, 0.29) is 12.5 Å². The number of aromatic nitrogens is 4. The van der Waals surface area contributed by atoms with Crippen LogP contribution in [0.15, 0.2) is 24.3 Å². The first-order valence-electron chi connectivity index (χ1n) is 8.68. The van der Waals surface area contributed by atoms with Crippen molar-refractivity contribution in [2.24, 2.45) is 0 Å². The number of H-pyrrole nitrogens is 1. The zero-order valence-electron chi connectivity index (χ0n) is 14.5. The Hall–Kier alpha value is -2.71. The van der Waals surface area contributed by atoms with Crippen LogP contribution in [0.25, 0.3) is 11.0 Å². The lowest BCUT2D eigenvalue weighted by molar-refractivity contribution is 0.0746. The summed E-state index contributed by atoms with van der Waals surface area (Å²) in [5, 5.41) is 23.3. The summed E-state index contributed by atoms with van der Waals surface area (Å²) >= 11 is 0. The molecule has 1 amide bonds. The predicted molar refractivity (Wildman–Crippen MR) is 94.2 cm³/mol. The molecule has 0 unspecified atom stereocenters. The van der Waals surface area contributed by atoms with Gasteiger partial charge in [0.1, 0.15) is 12.4 Å². The minimum absolute atomic E-state index is 0.0553. The molecule has 0 fully saturated rings. The van der Waals surface area contributed by atoms with Crippen molar-refractivity contribution in [2.45, 2.75) is 39.1 Å². The van der Waals surface area contributed by atoms with Gasteiger partial charge in [-0.15, -0.1) is 0 Å². The number of imidazole rings is 1. The summed E-state index contributed by atoms with van der Waals surface area (Å²) in [6.07, 6.45) is 0.183. The van der Waals surface area contributed by atoms with Gasteiger partial charge < -0.3 is 20.1 Å². The van der Waals surface area contributed by atoms with Crippen molar-refractivity contribution in [3.63, 3.8) is 0 Å². The van der Waals surface area contributed by atoms with Gasteiger partial charge in [-0.1, -0.05) is 0 Å². The highest BCUT2D eigenvalue weighted by Crippen LogP contribution is 2.21. The maximum absolute atomic E-state index is 13.0. The van der Waals surface area contributed by atoms with Gasteiger partial charge in [-0.25, -0.2) is 4.98 Å². The van der Waals surface area contributed by atoms with E-state index in [0.29, 0.717) is 30.2 Å². The molecule has 0 aliphatic carbocycles. The molecule has 3 aromatic rings. The van der Waals surface area contributed by atoms with Crippen LogP contribution in [0.5, 0.6) is 0 Å². The van der Waals surface area contributed by atoms with Crippen LogP contribution in [0.3, 0.4) is 0 Å². The average molecular weight is 355 g/mol. The standard InChI is InChI=1S/C18H21N5O3/c1-11(25)15-8-13-9-22(5-2-6-23(13)21-15)18(26)12-3-4-14-16(7-12)20-17(10-24)19-14/h3-4,7-8,11,24-25H,2,5-6,9-10H2,1H3,(H,19,20)/t11-/m0/s1. The molecule has 0 saturated heterocycles. The fourth-order valence-electron chi connectivity index (χ4n) is 3.31. The quantitative estimate of drug-likeness (QED) is 0.657. The first-order chi connectivity index (χ1) is 12.5. The van der Waals surface area contributed by atoms with E-state index in [2.05, 4.69) is 15.1 Å². The Labute approximate surface area is 150 Å². The number of aromatic amines is 1. The van der Waals surface area contributed by atoms with Gasteiger partial charge in [0, 0.05) is 18.7 Å². The molecule has 1 atom stereocenters. The van der Waals surface area contributed by atoms with Gasteiger partial charge in [-0.05, 0) is 37.6 Å². The van der Waals surface area contributed by atoms with Gasteiger partial charge in [0.15, 0.2) is 0 Å². The Balaban J connectivity index is 1.60. The molecule has 8 nitrogen and oxygen atoms in total. The summed E-state index contributed by atoms with van der Waals surface area (Å²) in [6.45, 7) is 3.35. The number of nitrogens with zero attached hydrogens (tertiary/aromatic N) is 4. The molecule has 2 aromatic heterocycles. The van der Waals surface area contributed by atoms with Crippen LogP contribution in [0.4, 0.5) is 0 Å². The van der Waals surface area contributed by atoms with Gasteiger partial charge in [-0.3, -0.25) is 9.48 Å². The van der Waals surface area contributed by atoms with Gasteiger partial charge in [0.25, 0.3) is 5.91 Å². The van der Waals surface area contributed by atoms with Crippen LogP contribution >= 0.6 is 0 Å². The highest BCUT2D eigenvalue weighted by atomic mass is 16.3. The third kappa shape index (κ3) is 2.97. The summed E-state index contributed by atoms with van der Waals surface area (Å²) in [4.78, 5) is 22.0. The van der Waals surface area contributed by atoms with Gasteiger partial charge >= 0.3 is 0 Å². The van der Waals surface area contributed by atoms with Crippen molar-refractivity contribution >= 4 is 16.9 Å². The molecule has 1 aromatic carbocycles. The van der Waals surface area contributed by atoms with Crippen molar-refractivity contribution in [1.29, 1.82) is 0 Å². The van der Waals surface area contributed by atoms with Crippen LogP contribution in [0.2, 0.25) is 0 Å². The number of aliphatic hydroxyl groups excluding tert-OH is 2. The van der Waals surface area contributed by atoms with Crippen LogP contribution in [0.1, 0.15) is 47.0 Å². The van der Waals surface area contributed by atoms with E-state index in [4.69, 9.17) is 0 Å². The number of carbonyl (C=O) groups is 1. The maximum atomic E-state index is 13.0. The first kappa shape index (κ1) is 16.7. The van der Waals surface area contributed by atoms with Crippen molar-refractivity contribution in [3.05, 3.63) is 47.0 Å². The monoisotopic (exact) mass is 355 g/mol. The molecular formula is C18H21N5O3. The van der Waals surface area contributed by atoms with E-state index in [9.17, 15) is 15.0 Å². The van der Waals surface area contributed by atoms with Crippen LogP contribution in [0, 0.1) is 0 Å². The molecule has 0 bridgehead atoms. The number of hydrogen-bond acceptors (Lipinski definition) is 5. The minimum Gasteiger partial charge on any atom is -0.388 e. The summed E-state index contributed by atoms with van der Waals surface area (Å²) in [5.41, 5.74) is 3.59. The number of carbonyl (C=O) groups excluding carboxylic acids is 1. The molecule has 1 aliphatic heterocycles. The molecule has 0 spiro atoms. The number of fused-ring (bicyclic) bond motifs is 2. The lowest BCUT2D eigenvalue weighted by atomic mass is 10.1. The Kier molecular flexibility index (Phi) is 4.21. The second-order valence-corrected chi connectivity index (χ2v) is 6.61. The molecule has 4 rings (SSSR count). The largest absolute Gasteiger partial charge is 0.388 e. The van der Waals surface area contributed by atoms with Crippen LogP contribution in [-0.4, -0.2) is 47.3 Å². The molecule has 1 aliphatic rings. The summed E-state index contributed by atoms with van der Waals surface area (Å²) in [5.74, 6) is 0.425. The predicted octanol–water partition coefficient (Wildman–Crippen LogP) is 1.35. The Morgan fingerprint density at radius 2 is 2.19 bits per heavy atom. The second kappa shape index (κ2) is 6.54. The van der Waals surface area contributed by atoms with E-state index in [1.165, 1.54) is 0 Å². The number of amides is 1. The molecular weight excluding hydrogens is 334 g/mol. The van der Waals surface area contributed by atoms with Gasteiger partial charge in [0.2, 0.25) is 0 Å². The van der Waals surface area contributed by atoms with E-state index < -0.39 is 6.10 Å². The fraction of sp³-hybridized carbons (Fsp3) is 0.389. The lowest BCUT2D eigenvalue weighted by Crippen LogP contribution is -2.30. The van der Waals surface area contributed by atoms with Crippen molar-refractivity contribution in [1.82, 2.24) is 24.6 Å². The van der Waals surface area contributed by atoms with Gasteiger partial charge in [-0.2, -0.15) is 5.10 Å². The zero-order valence-corrected chi connectivity index (χ0v) is 14.5. The lowest BCUT2D eigenvalue weighted by Gasteiger charge is -2.20. The number of hydrogen-bond donors (Lipinski definition) is 3. The van der Waals surface area contributed by atoms with E-state index >= 15 is 0 Å². The average Bonchev–Trinajstić information content (AvgIpc) is 3.18. The Morgan fingerprint density at radius 1 is 1.35 bits per heavy atom. The maximum Gasteiger partial charge on any atom is 0.254 e. The van der Waals surface area contributed by atoms with Crippen molar-refractivity contribution < 1.29 is 15.0 Å². The van der Waals surface area contributed by atoms with Crippen LogP contribution < -0.4 is 0 Å². The molecule has 3 heterocycles. The third-order valence-electron chi connectivity index (χ3n) is 4.68. The summed E-state index contributed by atoms with van der Waals surface area (Å²) in [6, 6.07) is 7.18. The topological polar surface area (TPSA) is 107 Å². The van der Waals surface area contributed by atoms with Crippen LogP contribution in [-0.2, 0) is 19.7 Å². The normalized spacial score (nSPS) is 15.7. The number of nitrogens with one attached hydrogen (secondary N) is 1. The second-order valence-electron chi connectivity index (χ2n) is 6.61. The zero-order chi connectivity index (χ0) is 18.3. The van der Waals surface area contributed by atoms with E-state index in [1.807, 2.05) is 10.7 Å².